The number of pyridine rings is 1. The molecule has 0 saturated heterocycles. The number of aromatic nitrogens is 1. The summed E-state index contributed by atoms with van der Waals surface area (Å²) in [5.74, 6) is -5.85. The fourth-order valence-electron chi connectivity index (χ4n) is 2.27. The summed E-state index contributed by atoms with van der Waals surface area (Å²) < 4.78 is 38.5. The van der Waals surface area contributed by atoms with E-state index < -0.39 is 51.2 Å². The maximum atomic E-state index is 14.2. The van der Waals surface area contributed by atoms with Crippen LogP contribution in [0.4, 0.5) is 8.78 Å². The molecule has 0 spiro atoms. The van der Waals surface area contributed by atoms with Crippen LogP contribution in [0, 0.1) is 11.6 Å². The minimum atomic E-state index is -1.52. The van der Waals surface area contributed by atoms with Crippen molar-refractivity contribution in [1.29, 1.82) is 0 Å². The van der Waals surface area contributed by atoms with E-state index in [4.69, 9.17) is 9.47 Å². The Labute approximate surface area is 145 Å². The number of rotatable bonds is 5. The summed E-state index contributed by atoms with van der Waals surface area (Å²) in [5.41, 5.74) is -1.87. The summed E-state index contributed by atoms with van der Waals surface area (Å²) in [7, 11) is 1.23. The maximum absolute atomic E-state index is 14.2. The number of amides is 1. The average Bonchev–Trinajstić information content (AvgIpc) is 2.58. The average molecular weight is 368 g/mol. The molecule has 0 bridgehead atoms. The largest absolute Gasteiger partial charge is 0.462 e. The van der Waals surface area contributed by atoms with Gasteiger partial charge in [-0.2, -0.15) is 4.39 Å². The number of nitrogens with zero attached hydrogens (tertiary/aromatic N) is 2. The summed E-state index contributed by atoms with van der Waals surface area (Å²) in [6.45, 7) is 2.44. The van der Waals surface area contributed by atoms with Crippen LogP contribution in [0.1, 0.15) is 24.2 Å². The second kappa shape index (κ2) is 7.30. The van der Waals surface area contributed by atoms with E-state index in [1.807, 2.05) is 0 Å². The fraction of sp³-hybridized carbons (Fsp3) is 0.250. The molecule has 2 aromatic rings. The first kappa shape index (κ1) is 19.0. The zero-order valence-electron chi connectivity index (χ0n) is 14.0. The van der Waals surface area contributed by atoms with E-state index in [0.717, 1.165) is 22.8 Å². The predicted molar refractivity (Wildman–Crippen MR) is 85.6 cm³/mol. The van der Waals surface area contributed by atoms with Crippen molar-refractivity contribution < 1.29 is 32.6 Å². The van der Waals surface area contributed by atoms with Gasteiger partial charge in [0.15, 0.2) is 11.6 Å². The van der Waals surface area contributed by atoms with Crippen molar-refractivity contribution in [3.05, 3.63) is 39.7 Å². The Hall–Kier alpha value is -3.30. The number of hydrogen-bond donors (Lipinski definition) is 0. The topological polar surface area (TPSA) is 94.9 Å². The molecule has 0 aliphatic heterocycles. The molecule has 2 rings (SSSR count). The standard InChI is InChI=1S/C16H14F2N2O6/c1-4-25-16(24)10-6-20(19(3)7-21)13-9(14(10)23)5-11(17)12(18)15(13)26-8(2)22/h5-7H,4H2,1-3H3. The number of benzene rings is 1. The van der Waals surface area contributed by atoms with E-state index in [-0.39, 0.29) is 13.0 Å². The van der Waals surface area contributed by atoms with Crippen LogP contribution in [0.25, 0.3) is 10.9 Å². The lowest BCUT2D eigenvalue weighted by Gasteiger charge is -2.21. The third kappa shape index (κ3) is 3.25. The molecule has 1 aromatic carbocycles. The minimum Gasteiger partial charge on any atom is -0.462 e. The number of carbonyl (C=O) groups is 3. The van der Waals surface area contributed by atoms with Gasteiger partial charge in [0.05, 0.1) is 12.0 Å². The van der Waals surface area contributed by atoms with Crippen molar-refractivity contribution in [3.8, 4) is 5.75 Å². The van der Waals surface area contributed by atoms with Gasteiger partial charge < -0.3 is 9.47 Å². The van der Waals surface area contributed by atoms with Gasteiger partial charge in [0.2, 0.25) is 17.7 Å². The summed E-state index contributed by atoms with van der Waals surface area (Å²) in [5, 5.41) is 0.369. The van der Waals surface area contributed by atoms with Crippen molar-refractivity contribution in [2.75, 3.05) is 18.7 Å². The second-order valence-electron chi connectivity index (χ2n) is 5.11. The zero-order valence-corrected chi connectivity index (χ0v) is 14.0. The van der Waals surface area contributed by atoms with Gasteiger partial charge in [-0.1, -0.05) is 0 Å². The summed E-state index contributed by atoms with van der Waals surface area (Å²) in [6, 6.07) is 0.553. The highest BCUT2D eigenvalue weighted by molar-refractivity contribution is 5.96. The van der Waals surface area contributed by atoms with E-state index >= 15 is 0 Å². The molecule has 1 aromatic heterocycles. The molecule has 0 unspecified atom stereocenters. The molecule has 0 N–H and O–H groups in total. The predicted octanol–water partition coefficient (Wildman–Crippen LogP) is 1.11. The Bertz CT molecular complexity index is 970. The van der Waals surface area contributed by atoms with Gasteiger partial charge in [-0.25, -0.2) is 9.18 Å². The van der Waals surface area contributed by atoms with Gasteiger partial charge in [-0.3, -0.25) is 24.1 Å². The Morgan fingerprint density at radius 3 is 2.54 bits per heavy atom. The number of halogens is 2. The van der Waals surface area contributed by atoms with Crippen molar-refractivity contribution in [3.63, 3.8) is 0 Å². The first-order valence-electron chi connectivity index (χ1n) is 7.34. The summed E-state index contributed by atoms with van der Waals surface area (Å²) in [6.07, 6.45) is 1.21. The van der Waals surface area contributed by atoms with Gasteiger partial charge in [0, 0.05) is 20.2 Å². The molecule has 138 valence electrons. The molecule has 0 radical (unpaired) electrons. The molecule has 1 heterocycles. The third-order valence-electron chi connectivity index (χ3n) is 3.35. The number of ether oxygens (including phenoxy) is 2. The van der Waals surface area contributed by atoms with Crippen LogP contribution < -0.4 is 15.2 Å². The first-order chi connectivity index (χ1) is 12.2. The van der Waals surface area contributed by atoms with Gasteiger partial charge in [0.25, 0.3) is 0 Å². The SMILES string of the molecule is CCOC(=O)c1cn(N(C)C=O)c2c(OC(C)=O)c(F)c(F)cc2c1=O. The molecule has 1 amide bonds. The Kier molecular flexibility index (Phi) is 5.34. The van der Waals surface area contributed by atoms with Crippen LogP contribution in [0.15, 0.2) is 17.1 Å². The highest BCUT2D eigenvalue weighted by Crippen LogP contribution is 2.30. The van der Waals surface area contributed by atoms with Crippen LogP contribution in [0.5, 0.6) is 5.75 Å². The monoisotopic (exact) mass is 368 g/mol. The van der Waals surface area contributed by atoms with E-state index in [0.29, 0.717) is 6.07 Å². The van der Waals surface area contributed by atoms with Crippen LogP contribution in [0.2, 0.25) is 0 Å². The lowest BCUT2D eigenvalue weighted by atomic mass is 10.1. The molecule has 0 fully saturated rings. The van der Waals surface area contributed by atoms with E-state index in [2.05, 4.69) is 0 Å². The summed E-state index contributed by atoms with van der Waals surface area (Å²) >= 11 is 0. The molecule has 0 aliphatic rings. The van der Waals surface area contributed by atoms with Crippen molar-refractivity contribution in [1.82, 2.24) is 4.68 Å². The highest BCUT2D eigenvalue weighted by Gasteiger charge is 2.25. The molecular weight excluding hydrogens is 354 g/mol. The number of fused-ring (bicyclic) bond motifs is 1. The van der Waals surface area contributed by atoms with Crippen LogP contribution >= 0.6 is 0 Å². The maximum Gasteiger partial charge on any atom is 0.343 e. The Morgan fingerprint density at radius 1 is 1.35 bits per heavy atom. The molecular formula is C16H14F2N2O6. The molecule has 0 atom stereocenters. The molecule has 10 heteroatoms. The summed E-state index contributed by atoms with van der Waals surface area (Å²) in [4.78, 5) is 47.0. The fourth-order valence-corrected chi connectivity index (χ4v) is 2.27. The van der Waals surface area contributed by atoms with Crippen molar-refractivity contribution in [2.45, 2.75) is 13.8 Å². The van der Waals surface area contributed by atoms with Gasteiger partial charge in [-0.05, 0) is 13.0 Å². The van der Waals surface area contributed by atoms with E-state index in [1.54, 1.807) is 0 Å². The van der Waals surface area contributed by atoms with Crippen LogP contribution in [-0.2, 0) is 14.3 Å². The minimum absolute atomic E-state index is 0.0314. The lowest BCUT2D eigenvalue weighted by Crippen LogP contribution is -2.33. The van der Waals surface area contributed by atoms with Gasteiger partial charge in [-0.15, -0.1) is 0 Å². The first-order valence-corrected chi connectivity index (χ1v) is 7.34. The number of esters is 2. The molecule has 0 aliphatic carbocycles. The van der Waals surface area contributed by atoms with Crippen LogP contribution in [0.3, 0.4) is 0 Å². The smallest absolute Gasteiger partial charge is 0.343 e. The van der Waals surface area contributed by atoms with Crippen molar-refractivity contribution in [2.24, 2.45) is 0 Å². The van der Waals surface area contributed by atoms with Crippen molar-refractivity contribution >= 4 is 29.3 Å². The van der Waals surface area contributed by atoms with Gasteiger partial charge in [0.1, 0.15) is 11.1 Å². The van der Waals surface area contributed by atoms with E-state index in [9.17, 15) is 28.0 Å². The quantitative estimate of drug-likeness (QED) is 0.446. The van der Waals surface area contributed by atoms with Crippen LogP contribution in [-0.4, -0.2) is 36.7 Å². The zero-order chi connectivity index (χ0) is 19.6. The lowest BCUT2D eigenvalue weighted by molar-refractivity contribution is -0.132. The third-order valence-corrected chi connectivity index (χ3v) is 3.35. The van der Waals surface area contributed by atoms with E-state index in [1.165, 1.54) is 14.0 Å². The molecule has 0 saturated carbocycles. The Morgan fingerprint density at radius 2 is 2.00 bits per heavy atom. The van der Waals surface area contributed by atoms with Gasteiger partial charge >= 0.3 is 11.9 Å². The Balaban J connectivity index is 3.02. The molecule has 26 heavy (non-hydrogen) atoms. The number of hydrogen-bond acceptors (Lipinski definition) is 6. The highest BCUT2D eigenvalue weighted by atomic mass is 19.2. The second-order valence-corrected chi connectivity index (χ2v) is 5.11. The molecule has 8 nitrogen and oxygen atoms in total. The normalized spacial score (nSPS) is 10.5. The number of carbonyl (C=O) groups excluding carboxylic acids is 3.